The Kier molecular flexibility index (Phi) is 4.85. The van der Waals surface area contributed by atoms with Crippen molar-refractivity contribution >= 4 is 40.3 Å². The monoisotopic (exact) mass is 459 g/mol. The maximum Gasteiger partial charge on any atom is 0.328 e. The summed E-state index contributed by atoms with van der Waals surface area (Å²) in [5.41, 5.74) is -0.145. The molecule has 176 valence electrons. The Morgan fingerprint density at radius 3 is 2.45 bits per heavy atom. The Bertz CT molecular complexity index is 1140. The van der Waals surface area contributed by atoms with Crippen LogP contribution in [0.5, 0.6) is 0 Å². The van der Waals surface area contributed by atoms with E-state index < -0.39 is 47.8 Å². The summed E-state index contributed by atoms with van der Waals surface area (Å²) in [7, 11) is 0. The van der Waals surface area contributed by atoms with E-state index in [0.717, 1.165) is 0 Å². The average Bonchev–Trinajstić information content (AvgIpc) is 3.17. The van der Waals surface area contributed by atoms with Gasteiger partial charge in [0.25, 0.3) is 0 Å². The fourth-order valence-electron chi connectivity index (χ4n) is 5.54. The number of anilines is 2. The Morgan fingerprint density at radius 1 is 1.15 bits per heavy atom. The van der Waals surface area contributed by atoms with Crippen molar-refractivity contribution in [1.29, 1.82) is 0 Å². The Morgan fingerprint density at radius 2 is 1.82 bits per heavy atom. The molecule has 3 aliphatic rings. The predicted molar refractivity (Wildman–Crippen MR) is 117 cm³/mol. The van der Waals surface area contributed by atoms with E-state index in [4.69, 9.17) is 9.26 Å². The number of carbonyl (C=O) groups excluding carboxylic acids is 3. The minimum atomic E-state index is -1.75. The van der Waals surface area contributed by atoms with E-state index in [9.17, 15) is 14.4 Å². The van der Waals surface area contributed by atoms with Crippen molar-refractivity contribution in [3.63, 3.8) is 0 Å². The van der Waals surface area contributed by atoms with Crippen LogP contribution in [0.1, 0.15) is 33.3 Å². The first kappa shape index (κ1) is 21.6. The Labute approximate surface area is 189 Å². The number of hydrogen-bond donors (Lipinski definition) is 2. The molecule has 1 unspecified atom stereocenters. The minimum Gasteiger partial charge on any atom is -0.368 e. The number of fused-ring (bicyclic) bond motifs is 5. The van der Waals surface area contributed by atoms with Crippen molar-refractivity contribution in [2.24, 2.45) is 5.41 Å². The van der Waals surface area contributed by atoms with Gasteiger partial charge in [-0.3, -0.25) is 20.2 Å². The van der Waals surface area contributed by atoms with Gasteiger partial charge in [-0.1, -0.05) is 5.16 Å². The van der Waals surface area contributed by atoms with E-state index in [1.165, 1.54) is 4.90 Å². The molecule has 1 aromatic heterocycles. The molecule has 2 aromatic rings. The van der Waals surface area contributed by atoms with Crippen molar-refractivity contribution in [2.75, 3.05) is 22.9 Å². The summed E-state index contributed by atoms with van der Waals surface area (Å²) in [6, 6.07) is 1.67. The largest absolute Gasteiger partial charge is 0.368 e. The van der Waals surface area contributed by atoms with Crippen LogP contribution in [0.2, 0.25) is 0 Å². The highest BCUT2D eigenvalue weighted by Crippen LogP contribution is 2.50. The van der Waals surface area contributed by atoms with Gasteiger partial charge in [0.2, 0.25) is 11.8 Å². The number of aromatic nitrogens is 1. The third-order valence-corrected chi connectivity index (χ3v) is 7.06. The number of hydrogen-bond acceptors (Lipinski definition) is 8. The van der Waals surface area contributed by atoms with Crippen LogP contribution in [0.3, 0.4) is 0 Å². The lowest BCUT2D eigenvalue weighted by molar-refractivity contribution is -0.159. The highest BCUT2D eigenvalue weighted by Gasteiger charge is 2.64. The normalized spacial score (nSPS) is 28.4. The molecule has 3 aliphatic heterocycles. The van der Waals surface area contributed by atoms with E-state index in [1.807, 2.05) is 18.7 Å². The van der Waals surface area contributed by atoms with Crippen LogP contribution in [0.25, 0.3) is 11.0 Å². The second-order valence-electron chi connectivity index (χ2n) is 8.81. The van der Waals surface area contributed by atoms with Gasteiger partial charge in [-0.2, -0.15) is 0 Å². The molecule has 1 spiro atoms. The number of carbonyl (C=O) groups is 3. The molecule has 10 nitrogen and oxygen atoms in total. The number of morpholine rings is 1. The molecule has 0 radical (unpaired) electrons. The third kappa shape index (κ3) is 2.87. The lowest BCUT2D eigenvalue weighted by atomic mass is 9.66. The zero-order valence-corrected chi connectivity index (χ0v) is 18.8. The summed E-state index contributed by atoms with van der Waals surface area (Å²) in [6.45, 7) is 8.72. The van der Waals surface area contributed by atoms with Gasteiger partial charge in [0.15, 0.2) is 23.1 Å². The fourth-order valence-corrected chi connectivity index (χ4v) is 5.54. The lowest BCUT2D eigenvalue weighted by Gasteiger charge is -2.56. The maximum absolute atomic E-state index is 15.7. The van der Waals surface area contributed by atoms with Gasteiger partial charge in [0.1, 0.15) is 6.10 Å². The molecule has 0 saturated carbocycles. The lowest BCUT2D eigenvalue weighted by Crippen LogP contribution is -2.76. The number of nitrogens with one attached hydrogen (secondary N) is 2. The highest BCUT2D eigenvalue weighted by atomic mass is 19.1. The molecule has 0 aliphatic carbocycles. The van der Waals surface area contributed by atoms with Crippen LogP contribution in [0, 0.1) is 5.41 Å². The number of halogens is 1. The van der Waals surface area contributed by atoms with Crippen LogP contribution in [0.4, 0.5) is 20.7 Å². The zero-order chi connectivity index (χ0) is 23.7. The number of ether oxygens (including phenoxy) is 1. The number of nitrogens with zero attached hydrogens (tertiary/aromatic N) is 3. The summed E-state index contributed by atoms with van der Waals surface area (Å²) in [5.74, 6) is -0.880. The zero-order valence-electron chi connectivity index (χ0n) is 18.8. The summed E-state index contributed by atoms with van der Waals surface area (Å²) in [6.07, 6.45) is -3.11. The number of amides is 4. The molecule has 1 aromatic carbocycles. The summed E-state index contributed by atoms with van der Waals surface area (Å²) in [4.78, 5) is 41.8. The second kappa shape index (κ2) is 7.41. The molecule has 4 heterocycles. The van der Waals surface area contributed by atoms with Crippen molar-refractivity contribution < 1.29 is 28.0 Å². The number of alkyl halides is 1. The van der Waals surface area contributed by atoms with Crippen LogP contribution in [-0.4, -0.2) is 60.6 Å². The van der Waals surface area contributed by atoms with Crippen molar-refractivity contribution in [3.8, 4) is 0 Å². The molecule has 2 saturated heterocycles. The fraction of sp³-hybridized carbons (Fsp3) is 0.545. The van der Waals surface area contributed by atoms with Gasteiger partial charge < -0.3 is 19.1 Å². The van der Waals surface area contributed by atoms with Crippen molar-refractivity contribution in [2.45, 2.75) is 58.7 Å². The van der Waals surface area contributed by atoms with Gasteiger partial charge in [0.05, 0.1) is 17.5 Å². The van der Waals surface area contributed by atoms with E-state index in [0.29, 0.717) is 41.1 Å². The summed E-state index contributed by atoms with van der Waals surface area (Å²) >= 11 is 0. The molecular formula is C22H26FN5O5. The first-order valence-corrected chi connectivity index (χ1v) is 11.1. The summed E-state index contributed by atoms with van der Waals surface area (Å²) < 4.78 is 27.1. The number of rotatable bonds is 3. The predicted octanol–water partition coefficient (Wildman–Crippen LogP) is 1.86. The first-order chi connectivity index (χ1) is 15.7. The van der Waals surface area contributed by atoms with Crippen molar-refractivity contribution in [3.05, 3.63) is 17.7 Å². The molecule has 4 amide bonds. The van der Waals surface area contributed by atoms with Gasteiger partial charge >= 0.3 is 6.03 Å². The minimum absolute atomic E-state index is 0.0257. The standard InChI is InChI=1S/C22H26FN5O5/c1-5-27(6-2)18-13-7-12-9-22(19(29)24-21(31)25-20(22)30)16-10(3)32-11(4)17(23)28(16)14(12)8-15(13)33-26-18/h7-8,10-11,16-17H,5-6,9H2,1-4H3,(H2,24,25,29,30,31)/t10-,11+,16+,17?/m1/s1. The van der Waals surface area contributed by atoms with Gasteiger partial charge in [0, 0.05) is 24.8 Å². The highest BCUT2D eigenvalue weighted by molar-refractivity contribution is 6.20. The quantitative estimate of drug-likeness (QED) is 0.528. The van der Waals surface area contributed by atoms with E-state index >= 15 is 4.39 Å². The van der Waals surface area contributed by atoms with Gasteiger partial charge in [-0.05, 0) is 45.7 Å². The van der Waals surface area contributed by atoms with Crippen molar-refractivity contribution in [1.82, 2.24) is 15.8 Å². The van der Waals surface area contributed by atoms with E-state index in [1.54, 1.807) is 26.0 Å². The first-order valence-electron chi connectivity index (χ1n) is 11.1. The smallest absolute Gasteiger partial charge is 0.328 e. The van der Waals surface area contributed by atoms with Crippen LogP contribution in [0.15, 0.2) is 16.7 Å². The second-order valence-corrected chi connectivity index (χ2v) is 8.81. The number of barbiturate groups is 1. The molecule has 4 atom stereocenters. The molecule has 2 fully saturated rings. The molecule has 2 N–H and O–H groups in total. The number of urea groups is 1. The Hall–Kier alpha value is -3.21. The Balaban J connectivity index is 1.75. The summed E-state index contributed by atoms with van der Waals surface area (Å²) in [5, 5.41) is 9.34. The van der Waals surface area contributed by atoms with Crippen LogP contribution in [-0.2, 0) is 20.7 Å². The molecule has 5 rings (SSSR count). The molecular weight excluding hydrogens is 433 g/mol. The van der Waals surface area contributed by atoms with E-state index in [2.05, 4.69) is 15.8 Å². The maximum atomic E-state index is 15.7. The van der Waals surface area contributed by atoms with Gasteiger partial charge in [-0.25, -0.2) is 9.18 Å². The molecule has 11 heteroatoms. The third-order valence-electron chi connectivity index (χ3n) is 7.06. The average molecular weight is 459 g/mol. The molecule has 33 heavy (non-hydrogen) atoms. The number of benzene rings is 1. The van der Waals surface area contributed by atoms with Crippen LogP contribution >= 0.6 is 0 Å². The molecule has 0 bridgehead atoms. The number of imide groups is 2. The SMILES string of the molecule is CCN(CC)c1noc2cc3c(cc12)CC1(C(=O)NC(=O)NC1=O)[C@@H]1[C@@H](C)O[C@@H](C)C(F)N31. The van der Waals surface area contributed by atoms with E-state index in [-0.39, 0.29) is 6.42 Å². The van der Waals surface area contributed by atoms with Crippen LogP contribution < -0.4 is 20.4 Å². The topological polar surface area (TPSA) is 117 Å². The van der Waals surface area contributed by atoms with Gasteiger partial charge in [-0.15, -0.1) is 0 Å².